The van der Waals surface area contributed by atoms with Crippen LogP contribution in [0.2, 0.25) is 0 Å². The molecule has 4 nitrogen and oxygen atoms in total. The Labute approximate surface area is 111 Å². The first kappa shape index (κ1) is 12.5. The number of amides is 1. The highest BCUT2D eigenvalue weighted by Gasteiger charge is 2.06. The van der Waals surface area contributed by atoms with Gasteiger partial charge in [0, 0.05) is 18.3 Å². The van der Waals surface area contributed by atoms with Crippen LogP contribution >= 0.6 is 15.9 Å². The lowest BCUT2D eigenvalue weighted by Crippen LogP contribution is -2.10. The molecule has 1 amide bonds. The first-order chi connectivity index (χ1) is 8.56. The van der Waals surface area contributed by atoms with Crippen molar-refractivity contribution in [2.24, 2.45) is 5.73 Å². The van der Waals surface area contributed by atoms with Gasteiger partial charge >= 0.3 is 0 Å². The SMILES string of the molecule is NC(=O)c1ccc(Oc2cc(F)ccc2Br)nc1. The fourth-order valence-electron chi connectivity index (χ4n) is 1.25. The van der Waals surface area contributed by atoms with E-state index >= 15 is 0 Å². The number of primary amides is 1. The Morgan fingerprint density at radius 3 is 2.72 bits per heavy atom. The van der Waals surface area contributed by atoms with E-state index in [4.69, 9.17) is 10.5 Å². The number of benzene rings is 1. The molecule has 0 unspecified atom stereocenters. The van der Waals surface area contributed by atoms with Crippen molar-refractivity contribution >= 4 is 21.8 Å². The molecular formula is C12H8BrFN2O2. The Morgan fingerprint density at radius 2 is 2.11 bits per heavy atom. The molecule has 0 aliphatic rings. The van der Waals surface area contributed by atoms with Crippen LogP contribution in [0.4, 0.5) is 4.39 Å². The van der Waals surface area contributed by atoms with Crippen molar-refractivity contribution in [2.75, 3.05) is 0 Å². The Kier molecular flexibility index (Phi) is 3.57. The first-order valence-electron chi connectivity index (χ1n) is 4.95. The van der Waals surface area contributed by atoms with Gasteiger partial charge in [-0.15, -0.1) is 0 Å². The minimum Gasteiger partial charge on any atom is -0.438 e. The predicted molar refractivity (Wildman–Crippen MR) is 66.9 cm³/mol. The normalized spacial score (nSPS) is 10.1. The lowest BCUT2D eigenvalue weighted by atomic mass is 10.3. The van der Waals surface area contributed by atoms with Gasteiger partial charge in [-0.2, -0.15) is 0 Å². The molecule has 0 aliphatic heterocycles. The molecule has 0 spiro atoms. The van der Waals surface area contributed by atoms with E-state index in [2.05, 4.69) is 20.9 Å². The zero-order chi connectivity index (χ0) is 13.1. The van der Waals surface area contributed by atoms with Crippen LogP contribution in [-0.2, 0) is 0 Å². The molecule has 2 rings (SSSR count). The van der Waals surface area contributed by atoms with Gasteiger partial charge in [-0.3, -0.25) is 4.79 Å². The Balaban J connectivity index is 2.23. The van der Waals surface area contributed by atoms with Crippen molar-refractivity contribution < 1.29 is 13.9 Å². The van der Waals surface area contributed by atoms with Gasteiger partial charge in [0.15, 0.2) is 0 Å². The van der Waals surface area contributed by atoms with Gasteiger partial charge in [-0.05, 0) is 34.1 Å². The average Bonchev–Trinajstić information content (AvgIpc) is 2.34. The Hall–Kier alpha value is -1.95. The topological polar surface area (TPSA) is 65.2 Å². The molecular weight excluding hydrogens is 303 g/mol. The third kappa shape index (κ3) is 2.84. The number of rotatable bonds is 3. The zero-order valence-corrected chi connectivity index (χ0v) is 10.6. The highest BCUT2D eigenvalue weighted by atomic mass is 79.9. The zero-order valence-electron chi connectivity index (χ0n) is 9.06. The van der Waals surface area contributed by atoms with Crippen LogP contribution in [0.15, 0.2) is 41.0 Å². The van der Waals surface area contributed by atoms with Crippen molar-refractivity contribution in [3.05, 3.63) is 52.4 Å². The monoisotopic (exact) mass is 310 g/mol. The number of ether oxygens (including phenoxy) is 1. The summed E-state index contributed by atoms with van der Waals surface area (Å²) in [6, 6.07) is 7.03. The number of nitrogens with two attached hydrogens (primary N) is 1. The molecule has 1 aromatic heterocycles. The number of nitrogens with zero attached hydrogens (tertiary/aromatic N) is 1. The van der Waals surface area contributed by atoms with Gasteiger partial charge in [-0.25, -0.2) is 9.37 Å². The van der Waals surface area contributed by atoms with Crippen molar-refractivity contribution in [3.63, 3.8) is 0 Å². The van der Waals surface area contributed by atoms with Gasteiger partial charge in [0.25, 0.3) is 0 Å². The molecule has 92 valence electrons. The van der Waals surface area contributed by atoms with Crippen LogP contribution in [0.5, 0.6) is 11.6 Å². The van der Waals surface area contributed by atoms with E-state index in [1.54, 1.807) is 0 Å². The molecule has 0 atom stereocenters. The van der Waals surface area contributed by atoms with Crippen molar-refractivity contribution in [1.29, 1.82) is 0 Å². The van der Waals surface area contributed by atoms with E-state index in [0.29, 0.717) is 10.2 Å². The van der Waals surface area contributed by atoms with E-state index in [1.165, 1.54) is 36.5 Å². The summed E-state index contributed by atoms with van der Waals surface area (Å²) in [7, 11) is 0. The van der Waals surface area contributed by atoms with Gasteiger partial charge in [-0.1, -0.05) is 0 Å². The first-order valence-corrected chi connectivity index (χ1v) is 5.74. The molecule has 6 heteroatoms. The fourth-order valence-corrected chi connectivity index (χ4v) is 1.58. The van der Waals surface area contributed by atoms with Crippen molar-refractivity contribution in [3.8, 4) is 11.6 Å². The molecule has 0 saturated carbocycles. The number of hydrogen-bond acceptors (Lipinski definition) is 3. The molecule has 0 saturated heterocycles. The predicted octanol–water partition coefficient (Wildman–Crippen LogP) is 2.87. The molecule has 1 heterocycles. The molecule has 0 bridgehead atoms. The van der Waals surface area contributed by atoms with Crippen LogP contribution in [0, 0.1) is 5.82 Å². The van der Waals surface area contributed by atoms with Crippen LogP contribution in [-0.4, -0.2) is 10.9 Å². The number of halogens is 2. The summed E-state index contributed by atoms with van der Waals surface area (Å²) in [5.74, 6) is -0.441. The van der Waals surface area contributed by atoms with Crippen LogP contribution in [0.3, 0.4) is 0 Å². The lowest BCUT2D eigenvalue weighted by molar-refractivity contribution is 0.1000. The quantitative estimate of drug-likeness (QED) is 0.948. The third-order valence-electron chi connectivity index (χ3n) is 2.13. The number of hydrogen-bond donors (Lipinski definition) is 1. The largest absolute Gasteiger partial charge is 0.438 e. The molecule has 18 heavy (non-hydrogen) atoms. The summed E-state index contributed by atoms with van der Waals surface area (Å²) >= 11 is 3.23. The smallest absolute Gasteiger partial charge is 0.250 e. The van der Waals surface area contributed by atoms with Gasteiger partial charge in [0.2, 0.25) is 11.8 Å². The van der Waals surface area contributed by atoms with Crippen molar-refractivity contribution in [2.45, 2.75) is 0 Å². The standard InChI is InChI=1S/C12H8BrFN2O2/c13-9-3-2-8(14)5-10(9)18-11-4-1-7(6-16-11)12(15)17/h1-6H,(H2,15,17). The molecule has 1 aromatic carbocycles. The summed E-state index contributed by atoms with van der Waals surface area (Å²) in [6.45, 7) is 0. The molecule has 2 aromatic rings. The summed E-state index contributed by atoms with van der Waals surface area (Å²) < 4.78 is 19.0. The molecule has 0 radical (unpaired) electrons. The van der Waals surface area contributed by atoms with Crippen LogP contribution in [0.25, 0.3) is 0 Å². The maximum absolute atomic E-state index is 13.0. The summed E-state index contributed by atoms with van der Waals surface area (Å²) in [5, 5.41) is 0. The van der Waals surface area contributed by atoms with Crippen LogP contribution < -0.4 is 10.5 Å². The Morgan fingerprint density at radius 1 is 1.33 bits per heavy atom. The average molecular weight is 311 g/mol. The Bertz CT molecular complexity index is 587. The number of carbonyl (C=O) groups excluding carboxylic acids is 1. The van der Waals surface area contributed by atoms with Crippen LogP contribution in [0.1, 0.15) is 10.4 Å². The summed E-state index contributed by atoms with van der Waals surface area (Å²) in [4.78, 5) is 14.8. The van der Waals surface area contributed by atoms with Gasteiger partial charge < -0.3 is 10.5 Å². The minimum absolute atomic E-state index is 0.242. The maximum atomic E-state index is 13.0. The highest BCUT2D eigenvalue weighted by molar-refractivity contribution is 9.10. The van der Waals surface area contributed by atoms with Crippen molar-refractivity contribution in [1.82, 2.24) is 4.98 Å². The third-order valence-corrected chi connectivity index (χ3v) is 2.78. The second-order valence-corrected chi connectivity index (χ2v) is 4.28. The number of aromatic nitrogens is 1. The van der Waals surface area contributed by atoms with E-state index in [1.807, 2.05) is 0 Å². The van der Waals surface area contributed by atoms with E-state index in [0.717, 1.165) is 0 Å². The number of carbonyl (C=O) groups is 1. The maximum Gasteiger partial charge on any atom is 0.250 e. The second-order valence-electron chi connectivity index (χ2n) is 3.43. The number of pyridine rings is 1. The molecule has 0 aliphatic carbocycles. The second kappa shape index (κ2) is 5.14. The van der Waals surface area contributed by atoms with E-state index in [9.17, 15) is 9.18 Å². The van der Waals surface area contributed by atoms with E-state index in [-0.39, 0.29) is 11.4 Å². The van der Waals surface area contributed by atoms with Gasteiger partial charge in [0.05, 0.1) is 10.0 Å². The van der Waals surface area contributed by atoms with Gasteiger partial charge in [0.1, 0.15) is 11.6 Å². The lowest BCUT2D eigenvalue weighted by Gasteiger charge is -2.06. The summed E-state index contributed by atoms with van der Waals surface area (Å²) in [5.41, 5.74) is 5.36. The molecule has 2 N–H and O–H groups in total. The fraction of sp³-hybridized carbons (Fsp3) is 0. The minimum atomic E-state index is -0.569. The summed E-state index contributed by atoms with van der Waals surface area (Å²) in [6.07, 6.45) is 1.30. The highest BCUT2D eigenvalue weighted by Crippen LogP contribution is 2.29. The van der Waals surface area contributed by atoms with E-state index < -0.39 is 11.7 Å². The molecule has 0 fully saturated rings.